The largest absolute Gasteiger partial charge is 0.480 e. The molecule has 0 aliphatic carbocycles. The topological polar surface area (TPSA) is 153 Å². The number of hydrogen-bond acceptors (Lipinski definition) is 8. The zero-order valence-corrected chi connectivity index (χ0v) is 20.1. The predicted octanol–water partition coefficient (Wildman–Crippen LogP) is 1.70. The lowest BCUT2D eigenvalue weighted by Gasteiger charge is -2.23. The molecule has 0 bridgehead atoms. The highest BCUT2D eigenvalue weighted by atomic mass is 16.4. The third kappa shape index (κ3) is 6.38. The number of hydrogen-bond donors (Lipinski definition) is 6. The minimum absolute atomic E-state index is 0.0675. The van der Waals surface area contributed by atoms with Crippen LogP contribution < -0.4 is 21.3 Å². The van der Waals surface area contributed by atoms with E-state index in [-0.39, 0.29) is 24.7 Å². The van der Waals surface area contributed by atoms with E-state index in [9.17, 15) is 24.6 Å². The average molecular weight is 496 g/mol. The van der Waals surface area contributed by atoms with Crippen LogP contribution in [0.5, 0.6) is 0 Å². The third-order valence-corrected chi connectivity index (χ3v) is 6.57. The number of amides is 1. The number of unbranched alkanes of at least 4 members (excludes halogenated alkanes) is 1. The Bertz CT molecular complexity index is 1110. The summed E-state index contributed by atoms with van der Waals surface area (Å²) >= 11 is 0. The molecule has 4 rings (SSSR count). The van der Waals surface area contributed by atoms with Crippen LogP contribution in [0.15, 0.2) is 36.4 Å². The molecule has 2 aliphatic heterocycles. The first-order valence-electron chi connectivity index (χ1n) is 12.5. The number of nitrogens with zero attached hydrogens (tertiary/aromatic N) is 1. The zero-order valence-electron chi connectivity index (χ0n) is 20.1. The molecule has 1 amide bonds. The van der Waals surface area contributed by atoms with Crippen LogP contribution in [0.1, 0.15) is 53.7 Å². The Morgan fingerprint density at radius 3 is 2.81 bits per heavy atom. The van der Waals surface area contributed by atoms with Crippen LogP contribution in [0.25, 0.3) is 0 Å². The number of para-hydroxylation sites is 1. The first kappa shape index (κ1) is 25.6. The number of anilines is 2. The number of aliphatic hydroxyl groups excluding tert-OH is 1. The Kier molecular flexibility index (Phi) is 8.50. The highest BCUT2D eigenvalue weighted by Crippen LogP contribution is 2.26. The average Bonchev–Trinajstić information content (AvgIpc) is 3.22. The fourth-order valence-electron chi connectivity index (χ4n) is 4.57. The van der Waals surface area contributed by atoms with Crippen LogP contribution in [0, 0.1) is 0 Å². The summed E-state index contributed by atoms with van der Waals surface area (Å²) in [7, 11) is 0. The van der Waals surface area contributed by atoms with E-state index in [1.165, 1.54) is 5.56 Å². The van der Waals surface area contributed by atoms with Crippen LogP contribution >= 0.6 is 0 Å². The molecule has 2 aliphatic rings. The molecular formula is C26H33N5O5. The Morgan fingerprint density at radius 1 is 1.17 bits per heavy atom. The lowest BCUT2D eigenvalue weighted by Crippen LogP contribution is -2.53. The quantitative estimate of drug-likeness (QED) is 0.191. The van der Waals surface area contributed by atoms with E-state index in [2.05, 4.69) is 32.3 Å². The van der Waals surface area contributed by atoms with Gasteiger partial charge in [-0.15, -0.1) is 0 Å². The van der Waals surface area contributed by atoms with Gasteiger partial charge in [-0.05, 0) is 62.3 Å². The maximum absolute atomic E-state index is 12.5. The van der Waals surface area contributed by atoms with Gasteiger partial charge in [-0.1, -0.05) is 18.2 Å². The second-order valence-corrected chi connectivity index (χ2v) is 9.22. The molecule has 10 heteroatoms. The smallest absolute Gasteiger partial charge is 0.320 e. The van der Waals surface area contributed by atoms with Gasteiger partial charge in [0.1, 0.15) is 24.1 Å². The SMILES string of the molecule is O=C(CCCCc1ccc2c(n1)NCCC2)NCCC(NC(O)C1Nc2ccccc2C1=O)C(=O)O. The van der Waals surface area contributed by atoms with E-state index < -0.39 is 24.3 Å². The number of aliphatic hydroxyl groups is 1. The van der Waals surface area contributed by atoms with Gasteiger partial charge in [-0.3, -0.25) is 19.7 Å². The van der Waals surface area contributed by atoms with Crippen molar-refractivity contribution in [3.05, 3.63) is 53.2 Å². The summed E-state index contributed by atoms with van der Waals surface area (Å²) in [5.74, 6) is -0.646. The van der Waals surface area contributed by atoms with Crippen LogP contribution in [-0.2, 0) is 22.4 Å². The highest BCUT2D eigenvalue weighted by molar-refractivity contribution is 6.10. The summed E-state index contributed by atoms with van der Waals surface area (Å²) in [5, 5.41) is 31.6. The molecule has 3 atom stereocenters. The fourth-order valence-corrected chi connectivity index (χ4v) is 4.57. The first-order chi connectivity index (χ1) is 17.4. The van der Waals surface area contributed by atoms with Gasteiger partial charge in [0.05, 0.1) is 0 Å². The van der Waals surface area contributed by atoms with Crippen molar-refractivity contribution in [2.24, 2.45) is 0 Å². The first-order valence-corrected chi connectivity index (χ1v) is 12.5. The maximum Gasteiger partial charge on any atom is 0.320 e. The Balaban J connectivity index is 1.15. The summed E-state index contributed by atoms with van der Waals surface area (Å²) in [4.78, 5) is 41.0. The molecule has 0 radical (unpaired) electrons. The summed E-state index contributed by atoms with van der Waals surface area (Å²) in [6, 6.07) is 8.96. The fraction of sp³-hybridized carbons (Fsp3) is 0.462. The Labute approximate surface area is 209 Å². The minimum Gasteiger partial charge on any atom is -0.480 e. The number of pyridine rings is 1. The summed E-state index contributed by atoms with van der Waals surface area (Å²) in [6.07, 6.45) is 3.52. The molecular weight excluding hydrogens is 462 g/mol. The second-order valence-electron chi connectivity index (χ2n) is 9.22. The highest BCUT2D eigenvalue weighted by Gasteiger charge is 2.36. The third-order valence-electron chi connectivity index (χ3n) is 6.57. The van der Waals surface area contributed by atoms with Crippen LogP contribution in [-0.4, -0.2) is 64.3 Å². The lowest BCUT2D eigenvalue weighted by atomic mass is 10.1. The van der Waals surface area contributed by atoms with Gasteiger partial charge in [0.25, 0.3) is 0 Å². The number of rotatable bonds is 12. The number of aliphatic carboxylic acids is 1. The number of carboxylic acid groups (broad SMARTS) is 1. The van der Waals surface area contributed by atoms with Crippen molar-refractivity contribution >= 4 is 29.2 Å². The van der Waals surface area contributed by atoms with Crippen molar-refractivity contribution in [3.63, 3.8) is 0 Å². The van der Waals surface area contributed by atoms with E-state index in [0.29, 0.717) is 24.1 Å². The van der Waals surface area contributed by atoms with E-state index in [1.54, 1.807) is 24.3 Å². The normalized spacial score (nSPS) is 17.8. The van der Waals surface area contributed by atoms with E-state index in [1.807, 2.05) is 6.07 Å². The van der Waals surface area contributed by atoms with Gasteiger partial charge < -0.3 is 26.2 Å². The standard InChI is InChI=1S/C26H33N5O5/c32-21(10-4-1-7-17-12-11-16-6-5-14-28-24(16)29-17)27-15-13-20(26(35)36)31-25(34)22-23(33)18-8-2-3-9-19(18)30-22/h2-3,8-9,11-12,20,22,25,30-31,34H,1,4-7,10,13-15H2,(H,27,32)(H,28,29)(H,35,36). The van der Waals surface area contributed by atoms with Crippen molar-refractivity contribution in [1.29, 1.82) is 0 Å². The predicted molar refractivity (Wildman–Crippen MR) is 135 cm³/mol. The molecule has 1 aromatic carbocycles. The van der Waals surface area contributed by atoms with Gasteiger partial charge in [0.15, 0.2) is 5.78 Å². The number of carboxylic acids is 1. The van der Waals surface area contributed by atoms with Crippen LogP contribution in [0.3, 0.4) is 0 Å². The monoisotopic (exact) mass is 495 g/mol. The molecule has 6 N–H and O–H groups in total. The molecule has 3 heterocycles. The van der Waals surface area contributed by atoms with Crippen LogP contribution in [0.2, 0.25) is 0 Å². The molecule has 0 spiro atoms. The molecule has 0 saturated heterocycles. The number of carbonyl (C=O) groups excluding carboxylic acids is 2. The lowest BCUT2D eigenvalue weighted by molar-refractivity contribution is -0.141. The second kappa shape index (κ2) is 12.0. The minimum atomic E-state index is -1.39. The number of Topliss-reactive ketones (excluding diaryl/α,β-unsaturated/α-hetero) is 1. The molecule has 0 saturated carbocycles. The van der Waals surface area contributed by atoms with Crippen molar-refractivity contribution in [2.75, 3.05) is 23.7 Å². The number of benzene rings is 1. The molecule has 10 nitrogen and oxygen atoms in total. The number of nitrogens with one attached hydrogen (secondary N) is 4. The van der Waals surface area contributed by atoms with E-state index >= 15 is 0 Å². The van der Waals surface area contributed by atoms with Crippen LogP contribution in [0.4, 0.5) is 11.5 Å². The molecule has 192 valence electrons. The van der Waals surface area contributed by atoms with Gasteiger partial charge in [-0.2, -0.15) is 0 Å². The number of fused-ring (bicyclic) bond motifs is 2. The van der Waals surface area contributed by atoms with Crippen molar-refractivity contribution in [2.45, 2.75) is 63.3 Å². The number of carbonyl (C=O) groups is 3. The van der Waals surface area contributed by atoms with Gasteiger partial charge in [0, 0.05) is 36.5 Å². The van der Waals surface area contributed by atoms with E-state index in [4.69, 9.17) is 0 Å². The zero-order chi connectivity index (χ0) is 25.5. The van der Waals surface area contributed by atoms with Crippen molar-refractivity contribution < 1.29 is 24.6 Å². The Morgan fingerprint density at radius 2 is 2.00 bits per heavy atom. The maximum atomic E-state index is 12.5. The number of aryl methyl sites for hydroxylation is 2. The van der Waals surface area contributed by atoms with Gasteiger partial charge in [0.2, 0.25) is 5.91 Å². The molecule has 36 heavy (non-hydrogen) atoms. The van der Waals surface area contributed by atoms with Gasteiger partial charge >= 0.3 is 5.97 Å². The number of ketones is 1. The molecule has 0 fully saturated rings. The summed E-state index contributed by atoms with van der Waals surface area (Å²) < 4.78 is 0. The molecule has 3 unspecified atom stereocenters. The Hall–Kier alpha value is -3.50. The number of aromatic nitrogens is 1. The summed E-state index contributed by atoms with van der Waals surface area (Å²) in [6.45, 7) is 1.09. The van der Waals surface area contributed by atoms with E-state index in [0.717, 1.165) is 43.7 Å². The van der Waals surface area contributed by atoms with Crippen molar-refractivity contribution in [1.82, 2.24) is 15.6 Å². The van der Waals surface area contributed by atoms with Crippen molar-refractivity contribution in [3.8, 4) is 0 Å². The molecule has 1 aromatic heterocycles. The van der Waals surface area contributed by atoms with Gasteiger partial charge in [-0.25, -0.2) is 4.98 Å². The molecule has 2 aromatic rings. The summed E-state index contributed by atoms with van der Waals surface area (Å²) in [5.41, 5.74) is 3.33.